The summed E-state index contributed by atoms with van der Waals surface area (Å²) < 4.78 is 6.13. The maximum Gasteiger partial charge on any atom is 0.0661 e. The van der Waals surface area contributed by atoms with Crippen LogP contribution >= 0.6 is 0 Å². The van der Waals surface area contributed by atoms with Crippen molar-refractivity contribution in [3.63, 3.8) is 0 Å². The van der Waals surface area contributed by atoms with Gasteiger partial charge in [-0.05, 0) is 31.6 Å². The Kier molecular flexibility index (Phi) is 4.48. The predicted octanol–water partition coefficient (Wildman–Crippen LogP) is 3.49. The topological polar surface area (TPSA) is 35.2 Å². The van der Waals surface area contributed by atoms with E-state index >= 15 is 0 Å². The zero-order valence-electron chi connectivity index (χ0n) is 11.6. The van der Waals surface area contributed by atoms with Crippen LogP contribution in [0.25, 0.3) is 0 Å². The Balaban J connectivity index is 1.85. The van der Waals surface area contributed by atoms with Gasteiger partial charge in [-0.15, -0.1) is 0 Å². The molecule has 2 rings (SSSR count). The van der Waals surface area contributed by atoms with Gasteiger partial charge >= 0.3 is 0 Å². The van der Waals surface area contributed by atoms with Crippen LogP contribution in [0.5, 0.6) is 0 Å². The number of rotatable bonds is 4. The van der Waals surface area contributed by atoms with E-state index in [1.54, 1.807) is 0 Å². The molecule has 2 atom stereocenters. The van der Waals surface area contributed by atoms with Gasteiger partial charge in [0.25, 0.3) is 0 Å². The molecule has 100 valence electrons. The second-order valence-electron chi connectivity index (χ2n) is 6.53. The fourth-order valence-corrected chi connectivity index (χ4v) is 3.54. The van der Waals surface area contributed by atoms with Gasteiger partial charge in [0.1, 0.15) is 0 Å². The third kappa shape index (κ3) is 2.85. The van der Waals surface area contributed by atoms with E-state index < -0.39 is 0 Å². The van der Waals surface area contributed by atoms with E-state index in [-0.39, 0.29) is 0 Å². The molecule has 1 spiro atoms. The molecule has 2 N–H and O–H groups in total. The SMILES string of the molecule is CC(C)CCOC1CC(N)C12CCCCCC2. The quantitative estimate of drug-likeness (QED) is 0.815. The lowest BCUT2D eigenvalue weighted by Gasteiger charge is -2.54. The number of hydrogen-bond acceptors (Lipinski definition) is 2. The molecule has 0 bridgehead atoms. The highest BCUT2D eigenvalue weighted by atomic mass is 16.5. The average Bonchev–Trinajstić information content (AvgIpc) is 2.55. The summed E-state index contributed by atoms with van der Waals surface area (Å²) in [4.78, 5) is 0. The number of hydrogen-bond donors (Lipinski definition) is 1. The zero-order chi connectivity index (χ0) is 12.3. The van der Waals surface area contributed by atoms with Gasteiger partial charge in [0.05, 0.1) is 6.10 Å². The molecule has 2 unspecified atom stereocenters. The lowest BCUT2D eigenvalue weighted by atomic mass is 9.58. The summed E-state index contributed by atoms with van der Waals surface area (Å²) in [7, 11) is 0. The third-order valence-electron chi connectivity index (χ3n) is 4.90. The maximum atomic E-state index is 6.30. The minimum atomic E-state index is 0.355. The monoisotopic (exact) mass is 239 g/mol. The lowest BCUT2D eigenvalue weighted by Crippen LogP contribution is -2.62. The molecule has 2 fully saturated rings. The number of ether oxygens (including phenoxy) is 1. The molecule has 2 aliphatic rings. The van der Waals surface area contributed by atoms with Crippen molar-refractivity contribution in [2.75, 3.05) is 6.61 Å². The van der Waals surface area contributed by atoms with Crippen LogP contribution in [0.2, 0.25) is 0 Å². The molecular weight excluding hydrogens is 210 g/mol. The molecule has 2 saturated carbocycles. The minimum Gasteiger partial charge on any atom is -0.378 e. The molecule has 0 aromatic heterocycles. The Labute approximate surface area is 106 Å². The van der Waals surface area contributed by atoms with E-state index in [0.29, 0.717) is 17.6 Å². The summed E-state index contributed by atoms with van der Waals surface area (Å²) >= 11 is 0. The second-order valence-corrected chi connectivity index (χ2v) is 6.53. The van der Waals surface area contributed by atoms with Crippen LogP contribution in [0.3, 0.4) is 0 Å². The molecule has 2 heteroatoms. The molecule has 0 amide bonds. The molecule has 0 radical (unpaired) electrons. The number of nitrogens with two attached hydrogens (primary N) is 1. The van der Waals surface area contributed by atoms with Gasteiger partial charge < -0.3 is 10.5 Å². The van der Waals surface area contributed by atoms with Gasteiger partial charge in [-0.25, -0.2) is 0 Å². The van der Waals surface area contributed by atoms with E-state index in [4.69, 9.17) is 10.5 Å². The van der Waals surface area contributed by atoms with E-state index in [1.807, 2.05) is 0 Å². The fraction of sp³-hybridized carbons (Fsp3) is 1.00. The Hall–Kier alpha value is -0.0800. The van der Waals surface area contributed by atoms with Gasteiger partial charge in [0.15, 0.2) is 0 Å². The van der Waals surface area contributed by atoms with Crippen LogP contribution in [0.1, 0.15) is 65.2 Å². The maximum absolute atomic E-state index is 6.30. The second kappa shape index (κ2) is 5.71. The van der Waals surface area contributed by atoms with E-state index in [1.165, 1.54) is 44.9 Å². The molecule has 0 heterocycles. The lowest BCUT2D eigenvalue weighted by molar-refractivity contribution is -0.135. The molecule has 0 aromatic carbocycles. The largest absolute Gasteiger partial charge is 0.378 e. The zero-order valence-corrected chi connectivity index (χ0v) is 11.6. The van der Waals surface area contributed by atoms with Gasteiger partial charge in [0, 0.05) is 18.1 Å². The van der Waals surface area contributed by atoms with Crippen molar-refractivity contribution >= 4 is 0 Å². The van der Waals surface area contributed by atoms with Gasteiger partial charge in [-0.2, -0.15) is 0 Å². The Morgan fingerprint density at radius 3 is 2.35 bits per heavy atom. The van der Waals surface area contributed by atoms with Crippen molar-refractivity contribution in [2.45, 2.75) is 77.4 Å². The Morgan fingerprint density at radius 2 is 1.82 bits per heavy atom. The standard InChI is InChI=1S/C15H29NO/c1-12(2)7-10-17-14-11-13(16)15(14)8-5-3-4-6-9-15/h12-14H,3-11,16H2,1-2H3. The summed E-state index contributed by atoms with van der Waals surface area (Å²) in [6.07, 6.45) is 10.9. The Morgan fingerprint density at radius 1 is 1.18 bits per heavy atom. The highest BCUT2D eigenvalue weighted by molar-refractivity contribution is 5.06. The predicted molar refractivity (Wildman–Crippen MR) is 71.9 cm³/mol. The first-order chi connectivity index (χ1) is 8.15. The van der Waals surface area contributed by atoms with Gasteiger partial charge in [-0.1, -0.05) is 39.5 Å². The molecular formula is C15H29NO. The summed E-state index contributed by atoms with van der Waals surface area (Å²) in [6, 6.07) is 0.407. The fourth-order valence-electron chi connectivity index (χ4n) is 3.54. The first kappa shape index (κ1) is 13.4. The van der Waals surface area contributed by atoms with Crippen LogP contribution < -0.4 is 5.73 Å². The first-order valence-corrected chi connectivity index (χ1v) is 7.52. The average molecular weight is 239 g/mol. The van der Waals surface area contributed by atoms with Crippen molar-refractivity contribution < 1.29 is 4.74 Å². The van der Waals surface area contributed by atoms with Crippen molar-refractivity contribution in [3.8, 4) is 0 Å². The normalized spacial score (nSPS) is 32.5. The van der Waals surface area contributed by atoms with Crippen LogP contribution in [-0.2, 0) is 4.74 Å². The smallest absolute Gasteiger partial charge is 0.0661 e. The summed E-state index contributed by atoms with van der Waals surface area (Å²) in [5, 5.41) is 0. The van der Waals surface area contributed by atoms with Gasteiger partial charge in [-0.3, -0.25) is 0 Å². The van der Waals surface area contributed by atoms with Crippen molar-refractivity contribution in [1.82, 2.24) is 0 Å². The molecule has 2 aliphatic carbocycles. The molecule has 0 aromatic rings. The molecule has 17 heavy (non-hydrogen) atoms. The van der Waals surface area contributed by atoms with Crippen LogP contribution in [0.4, 0.5) is 0 Å². The Bertz CT molecular complexity index is 231. The van der Waals surface area contributed by atoms with E-state index in [0.717, 1.165) is 18.9 Å². The highest BCUT2D eigenvalue weighted by Crippen LogP contribution is 2.51. The van der Waals surface area contributed by atoms with Gasteiger partial charge in [0.2, 0.25) is 0 Å². The van der Waals surface area contributed by atoms with Crippen molar-refractivity contribution in [3.05, 3.63) is 0 Å². The minimum absolute atomic E-state index is 0.355. The molecule has 2 nitrogen and oxygen atoms in total. The summed E-state index contributed by atoms with van der Waals surface area (Å²) in [6.45, 7) is 5.45. The van der Waals surface area contributed by atoms with Crippen molar-refractivity contribution in [2.24, 2.45) is 17.1 Å². The summed E-state index contributed by atoms with van der Waals surface area (Å²) in [5.41, 5.74) is 6.65. The molecule has 0 saturated heterocycles. The summed E-state index contributed by atoms with van der Waals surface area (Å²) in [5.74, 6) is 0.744. The highest BCUT2D eigenvalue weighted by Gasteiger charge is 2.53. The third-order valence-corrected chi connectivity index (χ3v) is 4.90. The van der Waals surface area contributed by atoms with Crippen LogP contribution in [0, 0.1) is 11.3 Å². The van der Waals surface area contributed by atoms with Crippen molar-refractivity contribution in [1.29, 1.82) is 0 Å². The molecule has 0 aliphatic heterocycles. The van der Waals surface area contributed by atoms with E-state index in [2.05, 4.69) is 13.8 Å². The first-order valence-electron chi connectivity index (χ1n) is 7.52. The van der Waals surface area contributed by atoms with Crippen LogP contribution in [0.15, 0.2) is 0 Å². The van der Waals surface area contributed by atoms with Crippen LogP contribution in [-0.4, -0.2) is 18.8 Å². The van der Waals surface area contributed by atoms with E-state index in [9.17, 15) is 0 Å².